The lowest BCUT2D eigenvalue weighted by Gasteiger charge is -2.30. The van der Waals surface area contributed by atoms with E-state index in [1.54, 1.807) is 43.4 Å². The number of anilines is 1. The molecule has 0 heterocycles. The molecule has 0 bridgehead atoms. The third kappa shape index (κ3) is 6.55. The second-order valence-electron chi connectivity index (χ2n) is 8.05. The summed E-state index contributed by atoms with van der Waals surface area (Å²) in [6, 6.07) is 13.2. The van der Waals surface area contributed by atoms with Crippen molar-refractivity contribution in [2.75, 3.05) is 26.1 Å². The number of nitrogens with one attached hydrogen (secondary N) is 1. The maximum absolute atomic E-state index is 13.2. The Morgan fingerprint density at radius 3 is 2.52 bits per heavy atom. The minimum Gasteiger partial charge on any atom is -0.497 e. The number of esters is 1. The number of nitrogens with zero attached hydrogens (tertiary/aromatic N) is 1. The number of benzene rings is 2. The van der Waals surface area contributed by atoms with Gasteiger partial charge < -0.3 is 14.8 Å². The van der Waals surface area contributed by atoms with Crippen LogP contribution in [0, 0.1) is 0 Å². The lowest BCUT2D eigenvalue weighted by molar-refractivity contribution is -0.146. The molecule has 178 valence electrons. The summed E-state index contributed by atoms with van der Waals surface area (Å²) in [6.07, 6.45) is 4.77. The monoisotopic (exact) mass is 474 g/mol. The first-order valence-corrected chi connectivity index (χ1v) is 12.4. The smallest absolute Gasteiger partial charge is 0.310 e. The van der Waals surface area contributed by atoms with Crippen LogP contribution in [0.1, 0.15) is 37.7 Å². The number of carbonyl (C=O) groups is 2. The van der Waals surface area contributed by atoms with Crippen molar-refractivity contribution < 1.29 is 27.5 Å². The highest BCUT2D eigenvalue weighted by molar-refractivity contribution is 7.89. The van der Waals surface area contributed by atoms with E-state index >= 15 is 0 Å². The molecule has 9 heteroatoms. The van der Waals surface area contributed by atoms with Crippen LogP contribution in [0.3, 0.4) is 0 Å². The van der Waals surface area contributed by atoms with E-state index in [1.165, 1.54) is 23.5 Å². The van der Waals surface area contributed by atoms with Gasteiger partial charge in [-0.2, -0.15) is 4.31 Å². The highest BCUT2D eigenvalue weighted by Crippen LogP contribution is 2.29. The molecule has 1 N–H and O–H groups in total. The summed E-state index contributed by atoms with van der Waals surface area (Å²) >= 11 is 0. The zero-order chi connectivity index (χ0) is 23.8. The minimum absolute atomic E-state index is 0.0123. The maximum atomic E-state index is 13.2. The van der Waals surface area contributed by atoms with Gasteiger partial charge in [-0.25, -0.2) is 8.42 Å². The molecule has 0 spiro atoms. The number of ether oxygens (including phenoxy) is 2. The average molecular weight is 475 g/mol. The van der Waals surface area contributed by atoms with Crippen LogP contribution in [0.2, 0.25) is 0 Å². The van der Waals surface area contributed by atoms with E-state index in [0.29, 0.717) is 11.3 Å². The Bertz CT molecular complexity index is 1080. The van der Waals surface area contributed by atoms with Gasteiger partial charge in [-0.1, -0.05) is 43.5 Å². The number of rotatable bonds is 9. The summed E-state index contributed by atoms with van der Waals surface area (Å²) in [5.41, 5.74) is 0.857. The fraction of sp³-hybridized carbons (Fsp3) is 0.417. The van der Waals surface area contributed by atoms with E-state index in [9.17, 15) is 18.0 Å². The van der Waals surface area contributed by atoms with Gasteiger partial charge in [0.05, 0.1) is 19.2 Å². The molecule has 1 saturated carbocycles. The number of carbonyl (C=O) groups excluding carboxylic acids is 2. The van der Waals surface area contributed by atoms with E-state index in [-0.39, 0.29) is 23.0 Å². The van der Waals surface area contributed by atoms with E-state index in [4.69, 9.17) is 9.47 Å². The van der Waals surface area contributed by atoms with Crippen LogP contribution in [0.5, 0.6) is 5.75 Å². The molecule has 8 nitrogen and oxygen atoms in total. The lowest BCUT2D eigenvalue weighted by atomic mass is 9.96. The zero-order valence-corrected chi connectivity index (χ0v) is 19.8. The predicted octanol–water partition coefficient (Wildman–Crippen LogP) is 3.37. The summed E-state index contributed by atoms with van der Waals surface area (Å²) in [5.74, 6) is -0.567. The molecule has 0 saturated heterocycles. The summed E-state index contributed by atoms with van der Waals surface area (Å²) in [6.45, 7) is -0.518. The molecular weight excluding hydrogens is 444 g/mol. The minimum atomic E-state index is -3.79. The first-order valence-electron chi connectivity index (χ1n) is 11.0. The molecule has 2 aromatic carbocycles. The van der Waals surface area contributed by atoms with Gasteiger partial charge in [0.15, 0.2) is 6.61 Å². The molecule has 1 fully saturated rings. The number of amides is 1. The number of para-hydroxylation sites is 1. The van der Waals surface area contributed by atoms with Crippen molar-refractivity contribution >= 4 is 27.6 Å². The summed E-state index contributed by atoms with van der Waals surface area (Å²) in [4.78, 5) is 24.5. The van der Waals surface area contributed by atoms with Crippen LogP contribution in [0.15, 0.2) is 53.4 Å². The van der Waals surface area contributed by atoms with Crippen LogP contribution in [0.4, 0.5) is 5.69 Å². The largest absolute Gasteiger partial charge is 0.497 e. The Morgan fingerprint density at radius 2 is 1.79 bits per heavy atom. The van der Waals surface area contributed by atoms with Crippen LogP contribution < -0.4 is 10.1 Å². The molecule has 1 aliphatic rings. The van der Waals surface area contributed by atoms with Gasteiger partial charge in [0.2, 0.25) is 10.0 Å². The molecule has 0 atom stereocenters. The molecule has 3 rings (SSSR count). The van der Waals surface area contributed by atoms with E-state index in [1.807, 2.05) is 0 Å². The fourth-order valence-electron chi connectivity index (χ4n) is 3.92. The maximum Gasteiger partial charge on any atom is 0.310 e. The van der Waals surface area contributed by atoms with Gasteiger partial charge in [0.25, 0.3) is 5.91 Å². The van der Waals surface area contributed by atoms with Crippen molar-refractivity contribution in [3.8, 4) is 5.75 Å². The molecule has 2 aromatic rings. The van der Waals surface area contributed by atoms with E-state index < -0.39 is 28.5 Å². The second kappa shape index (κ2) is 11.3. The number of sulfonamides is 1. The summed E-state index contributed by atoms with van der Waals surface area (Å²) in [7, 11) is -0.672. The number of hydrogen-bond donors (Lipinski definition) is 1. The van der Waals surface area contributed by atoms with Crippen molar-refractivity contribution in [1.82, 2.24) is 4.31 Å². The molecule has 1 amide bonds. The molecule has 1 aliphatic carbocycles. The van der Waals surface area contributed by atoms with Crippen molar-refractivity contribution in [2.24, 2.45) is 0 Å². The van der Waals surface area contributed by atoms with E-state index in [2.05, 4.69) is 5.32 Å². The van der Waals surface area contributed by atoms with Gasteiger partial charge in [-0.3, -0.25) is 9.59 Å². The van der Waals surface area contributed by atoms with Crippen molar-refractivity contribution in [3.05, 3.63) is 54.1 Å². The first kappa shape index (κ1) is 24.7. The van der Waals surface area contributed by atoms with Gasteiger partial charge in [0.1, 0.15) is 10.6 Å². The summed E-state index contributed by atoms with van der Waals surface area (Å²) in [5, 5.41) is 2.57. The molecule has 0 aliphatic heterocycles. The quantitative estimate of drug-likeness (QED) is 0.559. The van der Waals surface area contributed by atoms with E-state index in [0.717, 1.165) is 32.1 Å². The Hall–Kier alpha value is -2.91. The summed E-state index contributed by atoms with van der Waals surface area (Å²) < 4.78 is 38.1. The average Bonchev–Trinajstić information content (AvgIpc) is 2.83. The molecule has 0 unspecified atom stereocenters. The third-order valence-electron chi connectivity index (χ3n) is 5.75. The Labute approximate surface area is 194 Å². The topological polar surface area (TPSA) is 102 Å². The van der Waals surface area contributed by atoms with Crippen molar-refractivity contribution in [3.63, 3.8) is 0 Å². The second-order valence-corrected chi connectivity index (χ2v) is 10.0. The normalized spacial score (nSPS) is 14.6. The highest BCUT2D eigenvalue weighted by Gasteiger charge is 2.31. The van der Waals surface area contributed by atoms with Crippen LogP contribution >= 0.6 is 0 Å². The van der Waals surface area contributed by atoms with Gasteiger partial charge >= 0.3 is 5.97 Å². The van der Waals surface area contributed by atoms with Crippen LogP contribution in [0.25, 0.3) is 0 Å². The Kier molecular flexibility index (Phi) is 8.46. The molecule has 33 heavy (non-hydrogen) atoms. The highest BCUT2D eigenvalue weighted by atomic mass is 32.2. The number of hydrogen-bond acceptors (Lipinski definition) is 6. The number of methoxy groups -OCH3 is 1. The molecule has 0 radical (unpaired) electrons. The van der Waals surface area contributed by atoms with Crippen LogP contribution in [-0.2, 0) is 30.8 Å². The molecular formula is C24H30N2O6S. The van der Waals surface area contributed by atoms with Gasteiger partial charge in [-0.15, -0.1) is 0 Å². The first-order chi connectivity index (χ1) is 15.8. The lowest BCUT2D eigenvalue weighted by Crippen LogP contribution is -2.38. The van der Waals surface area contributed by atoms with Crippen molar-refractivity contribution in [2.45, 2.75) is 49.5 Å². The fourth-order valence-corrected chi connectivity index (χ4v) is 5.48. The molecule has 0 aromatic heterocycles. The Balaban J connectivity index is 1.61. The van der Waals surface area contributed by atoms with Crippen molar-refractivity contribution in [1.29, 1.82) is 0 Å². The standard InChI is InChI=1S/C24H30N2O6S/c1-26(19-10-4-3-5-11-19)33(29,30)22-14-7-6-13-21(22)25-23(27)17-32-24(28)16-18-9-8-12-20(15-18)31-2/h6-9,12-15,19H,3-5,10-11,16-17H2,1-2H3,(H,25,27). The van der Waals surface area contributed by atoms with Gasteiger partial charge in [-0.05, 0) is 42.7 Å². The predicted molar refractivity (Wildman–Crippen MR) is 125 cm³/mol. The van der Waals surface area contributed by atoms with Gasteiger partial charge in [0, 0.05) is 13.1 Å². The zero-order valence-electron chi connectivity index (χ0n) is 19.0. The Morgan fingerprint density at radius 1 is 1.06 bits per heavy atom. The SMILES string of the molecule is COc1cccc(CC(=O)OCC(=O)Nc2ccccc2S(=O)(=O)N(C)C2CCCCC2)c1. The van der Waals surface area contributed by atoms with Crippen LogP contribution in [-0.4, -0.2) is 51.4 Å². The third-order valence-corrected chi connectivity index (χ3v) is 7.72.